The molecule has 0 fully saturated rings. The zero-order chi connectivity index (χ0) is 12.9. The van der Waals surface area contributed by atoms with Crippen molar-refractivity contribution in [1.82, 2.24) is 4.90 Å². The van der Waals surface area contributed by atoms with Crippen LogP contribution in [0.3, 0.4) is 0 Å². The van der Waals surface area contributed by atoms with Crippen LogP contribution < -0.4 is 5.73 Å². The molecule has 0 radical (unpaired) electrons. The van der Waals surface area contributed by atoms with Crippen molar-refractivity contribution >= 4 is 5.91 Å². The van der Waals surface area contributed by atoms with Gasteiger partial charge in [0.05, 0.1) is 5.54 Å². The van der Waals surface area contributed by atoms with E-state index in [0.717, 1.165) is 19.4 Å². The lowest BCUT2D eigenvalue weighted by Crippen LogP contribution is -2.55. The first-order chi connectivity index (χ1) is 7.23. The first-order valence-corrected chi connectivity index (χ1v) is 6.33. The number of nitrogens with zero attached hydrogens (tertiary/aromatic N) is 1. The average Bonchev–Trinajstić information content (AvgIpc) is 2.15. The van der Waals surface area contributed by atoms with Gasteiger partial charge in [-0.15, -0.1) is 0 Å². The molecule has 3 heteroatoms. The molecule has 0 aromatic carbocycles. The molecule has 0 aliphatic carbocycles. The zero-order valence-corrected chi connectivity index (χ0v) is 11.7. The van der Waals surface area contributed by atoms with Crippen molar-refractivity contribution < 1.29 is 4.79 Å². The molecule has 3 nitrogen and oxygen atoms in total. The van der Waals surface area contributed by atoms with E-state index in [2.05, 4.69) is 27.7 Å². The molecule has 16 heavy (non-hydrogen) atoms. The van der Waals surface area contributed by atoms with Gasteiger partial charge in [-0.25, -0.2) is 0 Å². The number of amides is 1. The Morgan fingerprint density at radius 1 is 1.25 bits per heavy atom. The van der Waals surface area contributed by atoms with Gasteiger partial charge in [-0.05, 0) is 32.6 Å². The van der Waals surface area contributed by atoms with Crippen LogP contribution in [0.15, 0.2) is 0 Å². The second-order valence-corrected chi connectivity index (χ2v) is 5.54. The Kier molecular flexibility index (Phi) is 6.01. The predicted molar refractivity (Wildman–Crippen MR) is 69.2 cm³/mol. The smallest absolute Gasteiger partial charge is 0.242 e. The van der Waals surface area contributed by atoms with E-state index in [1.54, 1.807) is 13.8 Å². The van der Waals surface area contributed by atoms with Gasteiger partial charge in [0.25, 0.3) is 0 Å². The molecule has 0 spiro atoms. The average molecular weight is 228 g/mol. The van der Waals surface area contributed by atoms with Crippen LogP contribution in [-0.4, -0.2) is 28.9 Å². The fourth-order valence-corrected chi connectivity index (χ4v) is 1.89. The Morgan fingerprint density at radius 3 is 1.94 bits per heavy atom. The van der Waals surface area contributed by atoms with Crippen LogP contribution in [0, 0.1) is 5.92 Å². The summed E-state index contributed by atoms with van der Waals surface area (Å²) in [5, 5.41) is 0. The summed E-state index contributed by atoms with van der Waals surface area (Å²) in [7, 11) is 0. The fourth-order valence-electron chi connectivity index (χ4n) is 1.89. The summed E-state index contributed by atoms with van der Waals surface area (Å²) in [5.41, 5.74) is 5.15. The van der Waals surface area contributed by atoms with Crippen molar-refractivity contribution in [1.29, 1.82) is 0 Å². The second-order valence-electron chi connectivity index (χ2n) is 5.54. The minimum Gasteiger partial charge on any atom is -0.338 e. The topological polar surface area (TPSA) is 46.3 Å². The van der Waals surface area contributed by atoms with Gasteiger partial charge >= 0.3 is 0 Å². The van der Waals surface area contributed by atoms with E-state index in [4.69, 9.17) is 5.73 Å². The lowest BCUT2D eigenvalue weighted by Gasteiger charge is -2.36. The molecular weight excluding hydrogens is 200 g/mol. The third-order valence-electron chi connectivity index (χ3n) is 2.76. The number of rotatable bonds is 6. The van der Waals surface area contributed by atoms with E-state index < -0.39 is 5.54 Å². The first kappa shape index (κ1) is 15.4. The monoisotopic (exact) mass is 228 g/mol. The van der Waals surface area contributed by atoms with E-state index in [1.165, 1.54) is 0 Å². The number of nitrogens with two attached hydrogens (primary N) is 1. The van der Waals surface area contributed by atoms with Crippen molar-refractivity contribution in [2.24, 2.45) is 11.7 Å². The highest BCUT2D eigenvalue weighted by Crippen LogP contribution is 2.16. The van der Waals surface area contributed by atoms with Gasteiger partial charge < -0.3 is 10.6 Å². The van der Waals surface area contributed by atoms with Gasteiger partial charge in [-0.2, -0.15) is 0 Å². The summed E-state index contributed by atoms with van der Waals surface area (Å²) >= 11 is 0. The molecule has 0 aromatic heterocycles. The molecule has 0 aliphatic rings. The molecule has 0 aromatic rings. The normalized spacial score (nSPS) is 12.3. The Morgan fingerprint density at radius 2 is 1.69 bits per heavy atom. The van der Waals surface area contributed by atoms with Crippen LogP contribution in [0.1, 0.15) is 54.4 Å². The molecule has 0 bridgehead atoms. The van der Waals surface area contributed by atoms with Crippen molar-refractivity contribution in [3.8, 4) is 0 Å². The van der Waals surface area contributed by atoms with Gasteiger partial charge in [-0.1, -0.05) is 27.7 Å². The lowest BCUT2D eigenvalue weighted by atomic mass is 10.0. The highest BCUT2D eigenvalue weighted by atomic mass is 16.2. The van der Waals surface area contributed by atoms with E-state index in [0.29, 0.717) is 12.0 Å². The molecule has 0 saturated carbocycles. The van der Waals surface area contributed by atoms with E-state index in [9.17, 15) is 4.79 Å². The largest absolute Gasteiger partial charge is 0.338 e. The van der Waals surface area contributed by atoms with E-state index in [1.807, 2.05) is 4.90 Å². The molecular formula is C13H28N2O. The van der Waals surface area contributed by atoms with Crippen LogP contribution in [0.2, 0.25) is 0 Å². The standard InChI is InChI=1S/C13H28N2O/c1-7-11(8-2)15(9-10(3)4)12(16)13(5,6)14/h10-11H,7-9,14H2,1-6H3. The van der Waals surface area contributed by atoms with Crippen LogP contribution in [0.25, 0.3) is 0 Å². The quantitative estimate of drug-likeness (QED) is 0.759. The minimum absolute atomic E-state index is 0.0647. The van der Waals surface area contributed by atoms with Crippen LogP contribution in [0.4, 0.5) is 0 Å². The van der Waals surface area contributed by atoms with Crippen LogP contribution >= 0.6 is 0 Å². The van der Waals surface area contributed by atoms with Gasteiger partial charge in [-0.3, -0.25) is 4.79 Å². The maximum atomic E-state index is 12.3. The van der Waals surface area contributed by atoms with Gasteiger partial charge in [0.2, 0.25) is 5.91 Å². The maximum Gasteiger partial charge on any atom is 0.242 e. The molecule has 96 valence electrons. The zero-order valence-electron chi connectivity index (χ0n) is 11.7. The molecule has 0 unspecified atom stereocenters. The van der Waals surface area contributed by atoms with Gasteiger partial charge in [0.15, 0.2) is 0 Å². The summed E-state index contributed by atoms with van der Waals surface area (Å²) < 4.78 is 0. The Balaban J connectivity index is 4.86. The summed E-state index contributed by atoms with van der Waals surface area (Å²) in [5.74, 6) is 0.543. The van der Waals surface area contributed by atoms with E-state index >= 15 is 0 Å². The van der Waals surface area contributed by atoms with E-state index in [-0.39, 0.29) is 5.91 Å². The van der Waals surface area contributed by atoms with Crippen molar-refractivity contribution in [2.75, 3.05) is 6.54 Å². The van der Waals surface area contributed by atoms with Crippen molar-refractivity contribution in [3.63, 3.8) is 0 Å². The number of carbonyl (C=O) groups is 1. The van der Waals surface area contributed by atoms with Crippen molar-refractivity contribution in [3.05, 3.63) is 0 Å². The molecule has 0 rings (SSSR count). The Bertz CT molecular complexity index is 214. The van der Waals surface area contributed by atoms with Crippen molar-refractivity contribution in [2.45, 2.75) is 66.0 Å². The van der Waals surface area contributed by atoms with Crippen LogP contribution in [0.5, 0.6) is 0 Å². The Hall–Kier alpha value is -0.570. The maximum absolute atomic E-state index is 12.3. The third-order valence-corrected chi connectivity index (χ3v) is 2.76. The highest BCUT2D eigenvalue weighted by Gasteiger charge is 2.31. The summed E-state index contributed by atoms with van der Waals surface area (Å²) in [6.45, 7) is 12.9. The fraction of sp³-hybridized carbons (Fsp3) is 0.923. The number of hydrogen-bond acceptors (Lipinski definition) is 2. The predicted octanol–water partition coefficient (Wildman–Crippen LogP) is 2.40. The second kappa shape index (κ2) is 6.24. The molecule has 0 saturated heterocycles. The number of carbonyl (C=O) groups excluding carboxylic acids is 1. The third kappa shape index (κ3) is 4.52. The SMILES string of the molecule is CCC(CC)N(CC(C)C)C(=O)C(C)(C)N. The van der Waals surface area contributed by atoms with Gasteiger partial charge in [0, 0.05) is 12.6 Å². The highest BCUT2D eigenvalue weighted by molar-refractivity contribution is 5.85. The number of hydrogen-bond donors (Lipinski definition) is 1. The molecule has 2 N–H and O–H groups in total. The lowest BCUT2D eigenvalue weighted by molar-refractivity contribution is -0.139. The summed E-state index contributed by atoms with van der Waals surface area (Å²) in [4.78, 5) is 14.2. The minimum atomic E-state index is -0.766. The Labute approximate surface area is 100 Å². The molecule has 0 atom stereocenters. The summed E-state index contributed by atoms with van der Waals surface area (Å²) in [6.07, 6.45) is 1.98. The van der Waals surface area contributed by atoms with Gasteiger partial charge in [0.1, 0.15) is 0 Å². The molecule has 0 heterocycles. The van der Waals surface area contributed by atoms with Crippen LogP contribution in [-0.2, 0) is 4.79 Å². The molecule has 1 amide bonds. The summed E-state index contributed by atoms with van der Waals surface area (Å²) in [6, 6.07) is 0.317. The first-order valence-electron chi connectivity index (χ1n) is 6.33. The molecule has 0 aliphatic heterocycles.